The van der Waals surface area contributed by atoms with Crippen LogP contribution >= 0.6 is 0 Å². The minimum atomic E-state index is 0.221. The summed E-state index contributed by atoms with van der Waals surface area (Å²) in [7, 11) is 0. The maximum absolute atomic E-state index is 3.70. The van der Waals surface area contributed by atoms with Gasteiger partial charge in [-0.25, -0.2) is 0 Å². The molecule has 0 aromatic rings. The van der Waals surface area contributed by atoms with Crippen molar-refractivity contribution in [2.24, 2.45) is 17.3 Å². The van der Waals surface area contributed by atoms with Crippen molar-refractivity contribution in [1.29, 1.82) is 0 Å². The molecule has 3 atom stereocenters. The Balaban J connectivity index is 2.54. The van der Waals surface area contributed by atoms with Crippen molar-refractivity contribution in [3.63, 3.8) is 0 Å². The average Bonchev–Trinajstić information content (AvgIpc) is 2.24. The van der Waals surface area contributed by atoms with E-state index in [4.69, 9.17) is 0 Å². The van der Waals surface area contributed by atoms with E-state index in [0.29, 0.717) is 5.41 Å². The van der Waals surface area contributed by atoms with Crippen LogP contribution in [0, 0.1) is 17.3 Å². The van der Waals surface area contributed by atoms with Crippen molar-refractivity contribution < 1.29 is 0 Å². The van der Waals surface area contributed by atoms with Gasteiger partial charge in [0, 0.05) is 31.7 Å². The molecule has 1 fully saturated rings. The molecule has 1 rings (SSSR count). The molecule has 1 aliphatic rings. The molecule has 1 aliphatic heterocycles. The summed E-state index contributed by atoms with van der Waals surface area (Å²) in [4.78, 5) is 2.70. The van der Waals surface area contributed by atoms with Crippen molar-refractivity contribution in [3.8, 4) is 0 Å². The Hall–Kier alpha value is -0.0800. The summed E-state index contributed by atoms with van der Waals surface area (Å²) >= 11 is 0. The lowest BCUT2D eigenvalue weighted by molar-refractivity contribution is 0.0833. The highest BCUT2D eigenvalue weighted by atomic mass is 15.1. The first-order valence-corrected chi connectivity index (χ1v) is 8.11. The van der Waals surface area contributed by atoms with E-state index in [1.54, 1.807) is 0 Å². The van der Waals surface area contributed by atoms with Crippen LogP contribution in [0.4, 0.5) is 0 Å². The van der Waals surface area contributed by atoms with E-state index in [9.17, 15) is 0 Å². The molecule has 0 bridgehead atoms. The average molecular weight is 268 g/mol. The van der Waals surface area contributed by atoms with Gasteiger partial charge in [0.25, 0.3) is 0 Å². The Morgan fingerprint density at radius 3 is 2.00 bits per heavy atom. The summed E-state index contributed by atoms with van der Waals surface area (Å²) in [6.07, 6.45) is 2.65. The molecule has 0 spiro atoms. The summed E-state index contributed by atoms with van der Waals surface area (Å²) < 4.78 is 0. The van der Waals surface area contributed by atoms with Gasteiger partial charge < -0.3 is 10.2 Å². The van der Waals surface area contributed by atoms with Gasteiger partial charge in [0.15, 0.2) is 0 Å². The van der Waals surface area contributed by atoms with Crippen LogP contribution in [-0.4, -0.2) is 36.6 Å². The fraction of sp³-hybridized carbons (Fsp3) is 1.00. The van der Waals surface area contributed by atoms with Crippen molar-refractivity contribution >= 4 is 0 Å². The minimum absolute atomic E-state index is 0.221. The number of nitrogens with one attached hydrogen (secondary N) is 1. The Morgan fingerprint density at radius 1 is 1.05 bits per heavy atom. The molecule has 1 heterocycles. The zero-order valence-electron chi connectivity index (χ0n) is 14.3. The van der Waals surface area contributed by atoms with E-state index in [2.05, 4.69) is 58.7 Å². The molecular weight excluding hydrogens is 232 g/mol. The third kappa shape index (κ3) is 6.27. The topological polar surface area (TPSA) is 15.3 Å². The Labute approximate surface area is 121 Å². The second kappa shape index (κ2) is 6.58. The predicted octanol–water partition coefficient (Wildman–Crippen LogP) is 3.77. The molecule has 0 radical (unpaired) electrons. The standard InChI is InChI=1S/C17H36N2/c1-8-17(7,12-18-16(4,5)6)13-19-10-14(2)9-15(3)11-19/h14-15,18H,8-13H2,1-7H3. The number of piperidine rings is 1. The van der Waals surface area contributed by atoms with Gasteiger partial charge >= 0.3 is 0 Å². The van der Waals surface area contributed by atoms with Gasteiger partial charge in [-0.1, -0.05) is 27.7 Å². The highest BCUT2D eigenvalue weighted by Gasteiger charge is 2.30. The molecule has 0 saturated carbocycles. The van der Waals surface area contributed by atoms with Gasteiger partial charge in [-0.2, -0.15) is 0 Å². The lowest BCUT2D eigenvalue weighted by Gasteiger charge is -2.42. The molecule has 0 aromatic carbocycles. The van der Waals surface area contributed by atoms with E-state index in [0.717, 1.165) is 18.4 Å². The molecule has 1 N–H and O–H groups in total. The zero-order valence-corrected chi connectivity index (χ0v) is 14.3. The monoisotopic (exact) mass is 268 g/mol. The van der Waals surface area contributed by atoms with Crippen LogP contribution in [0.15, 0.2) is 0 Å². The van der Waals surface area contributed by atoms with Gasteiger partial charge in [0.05, 0.1) is 0 Å². The number of hydrogen-bond acceptors (Lipinski definition) is 2. The van der Waals surface area contributed by atoms with Gasteiger partial charge in [-0.05, 0) is 50.9 Å². The van der Waals surface area contributed by atoms with Crippen molar-refractivity contribution in [2.75, 3.05) is 26.2 Å². The molecule has 2 nitrogen and oxygen atoms in total. The first-order chi connectivity index (χ1) is 8.63. The summed E-state index contributed by atoms with van der Waals surface area (Å²) in [6.45, 7) is 21.3. The molecule has 0 amide bonds. The number of hydrogen-bond donors (Lipinski definition) is 1. The van der Waals surface area contributed by atoms with Gasteiger partial charge in [0.2, 0.25) is 0 Å². The number of rotatable bonds is 5. The molecule has 0 aromatic heterocycles. The molecule has 0 aliphatic carbocycles. The number of nitrogens with zero attached hydrogens (tertiary/aromatic N) is 1. The van der Waals surface area contributed by atoms with Crippen LogP contribution in [0.1, 0.15) is 61.3 Å². The van der Waals surface area contributed by atoms with Gasteiger partial charge in [-0.15, -0.1) is 0 Å². The van der Waals surface area contributed by atoms with Gasteiger partial charge in [-0.3, -0.25) is 0 Å². The van der Waals surface area contributed by atoms with E-state index in [1.165, 1.54) is 32.5 Å². The second-order valence-electron chi connectivity index (χ2n) is 8.41. The first-order valence-electron chi connectivity index (χ1n) is 8.11. The van der Waals surface area contributed by atoms with Crippen molar-refractivity contribution in [3.05, 3.63) is 0 Å². The Morgan fingerprint density at radius 2 is 1.58 bits per heavy atom. The summed E-state index contributed by atoms with van der Waals surface area (Å²) in [5, 5.41) is 3.70. The zero-order chi connectivity index (χ0) is 14.7. The fourth-order valence-corrected chi connectivity index (χ4v) is 3.23. The van der Waals surface area contributed by atoms with Gasteiger partial charge in [0.1, 0.15) is 0 Å². The lowest BCUT2D eigenvalue weighted by Crippen LogP contribution is -2.50. The lowest BCUT2D eigenvalue weighted by atomic mass is 9.83. The molecule has 114 valence electrons. The highest BCUT2D eigenvalue weighted by molar-refractivity contribution is 4.85. The summed E-state index contributed by atoms with van der Waals surface area (Å²) in [6, 6.07) is 0. The van der Waals surface area contributed by atoms with Crippen LogP contribution in [0.2, 0.25) is 0 Å². The largest absolute Gasteiger partial charge is 0.311 e. The molecule has 19 heavy (non-hydrogen) atoms. The quantitative estimate of drug-likeness (QED) is 0.816. The van der Waals surface area contributed by atoms with E-state index < -0.39 is 0 Å². The minimum Gasteiger partial charge on any atom is -0.311 e. The van der Waals surface area contributed by atoms with E-state index in [-0.39, 0.29) is 5.54 Å². The van der Waals surface area contributed by atoms with Crippen LogP contribution in [0.5, 0.6) is 0 Å². The second-order valence-corrected chi connectivity index (χ2v) is 8.41. The maximum atomic E-state index is 3.70. The molecule has 2 heteroatoms. The van der Waals surface area contributed by atoms with Crippen LogP contribution in [0.3, 0.4) is 0 Å². The van der Waals surface area contributed by atoms with E-state index >= 15 is 0 Å². The third-order valence-electron chi connectivity index (χ3n) is 4.45. The van der Waals surface area contributed by atoms with Crippen LogP contribution < -0.4 is 5.32 Å². The smallest absolute Gasteiger partial charge is 0.00967 e. The molecular formula is C17H36N2. The van der Waals surface area contributed by atoms with E-state index in [1.807, 2.05) is 0 Å². The van der Waals surface area contributed by atoms with Crippen LogP contribution in [-0.2, 0) is 0 Å². The summed E-state index contributed by atoms with van der Waals surface area (Å²) in [5.41, 5.74) is 0.614. The van der Waals surface area contributed by atoms with Crippen molar-refractivity contribution in [2.45, 2.75) is 66.8 Å². The predicted molar refractivity (Wildman–Crippen MR) is 85.5 cm³/mol. The summed E-state index contributed by atoms with van der Waals surface area (Å²) in [5.74, 6) is 1.72. The van der Waals surface area contributed by atoms with Crippen molar-refractivity contribution in [1.82, 2.24) is 10.2 Å². The normalized spacial score (nSPS) is 29.2. The Bertz CT molecular complexity index is 259. The third-order valence-corrected chi connectivity index (χ3v) is 4.45. The Kier molecular flexibility index (Phi) is 5.88. The maximum Gasteiger partial charge on any atom is 0.00967 e. The SMILES string of the molecule is CCC(C)(CNC(C)(C)C)CN1CC(C)CC(C)C1. The number of likely N-dealkylation sites (tertiary alicyclic amines) is 1. The highest BCUT2D eigenvalue weighted by Crippen LogP contribution is 2.27. The fourth-order valence-electron chi connectivity index (χ4n) is 3.23. The van der Waals surface area contributed by atoms with Crippen LogP contribution in [0.25, 0.3) is 0 Å². The first kappa shape index (κ1) is 17.0. The molecule has 3 unspecified atom stereocenters. The molecule has 1 saturated heterocycles.